The minimum Gasteiger partial charge on any atom is -0.267 e. The van der Waals surface area contributed by atoms with Crippen LogP contribution in [0.1, 0.15) is 26.3 Å². The van der Waals surface area contributed by atoms with Crippen molar-refractivity contribution in [1.29, 1.82) is 0 Å². The number of para-hydroxylation sites is 1. The van der Waals surface area contributed by atoms with Crippen molar-refractivity contribution in [2.24, 2.45) is 0 Å². The number of amides is 2. The Labute approximate surface area is 201 Å². The molecule has 4 rings (SSSR count). The van der Waals surface area contributed by atoms with Gasteiger partial charge in [-0.2, -0.15) is 0 Å². The molecule has 4 aromatic rings. The van der Waals surface area contributed by atoms with Crippen molar-refractivity contribution in [3.63, 3.8) is 0 Å². The van der Waals surface area contributed by atoms with Gasteiger partial charge in [0.15, 0.2) is 9.84 Å². The number of fused-ring (bicyclic) bond motifs is 1. The van der Waals surface area contributed by atoms with Gasteiger partial charge in [0.2, 0.25) is 0 Å². The first-order valence-corrected chi connectivity index (χ1v) is 12.5. The Bertz CT molecular complexity index is 1530. The molecule has 0 fully saturated rings. The molecule has 0 saturated carbocycles. The molecule has 0 aliphatic rings. The molecule has 2 N–H and O–H groups in total. The first-order valence-electron chi connectivity index (χ1n) is 10.2. The molecule has 0 aliphatic heterocycles. The molecule has 172 valence electrons. The first-order chi connectivity index (χ1) is 16.1. The molecule has 0 atom stereocenters. The van der Waals surface area contributed by atoms with E-state index in [0.717, 1.165) is 11.8 Å². The average molecular weight is 494 g/mol. The lowest BCUT2D eigenvalue weighted by molar-refractivity contribution is 0.0847. The predicted molar refractivity (Wildman–Crippen MR) is 131 cm³/mol. The molecule has 0 spiro atoms. The highest BCUT2D eigenvalue weighted by molar-refractivity contribution is 7.90. The predicted octanol–water partition coefficient (Wildman–Crippen LogP) is 4.34. The molecule has 2 amide bonds. The summed E-state index contributed by atoms with van der Waals surface area (Å²) in [4.78, 5) is 30.4. The fourth-order valence-electron chi connectivity index (χ4n) is 3.46. The molecule has 0 radical (unpaired) electrons. The van der Waals surface area contributed by atoms with Crippen molar-refractivity contribution in [1.82, 2.24) is 15.8 Å². The second-order valence-electron chi connectivity index (χ2n) is 7.74. The number of carbonyl (C=O) groups excluding carboxylic acids is 2. The van der Waals surface area contributed by atoms with Crippen LogP contribution in [0.2, 0.25) is 5.02 Å². The SMILES string of the molecule is Cc1ccc(S(C)(=O)=O)cc1C(=O)NNC(=O)c1cc(-c2ccc(Cl)cc2)nc2ccccc12. The van der Waals surface area contributed by atoms with Gasteiger partial charge in [-0.3, -0.25) is 20.4 Å². The Morgan fingerprint density at radius 2 is 1.50 bits per heavy atom. The maximum Gasteiger partial charge on any atom is 0.270 e. The van der Waals surface area contributed by atoms with Crippen LogP contribution >= 0.6 is 11.6 Å². The van der Waals surface area contributed by atoms with Gasteiger partial charge in [-0.25, -0.2) is 13.4 Å². The number of nitrogens with zero attached hydrogens (tertiary/aromatic N) is 1. The summed E-state index contributed by atoms with van der Waals surface area (Å²) in [6, 6.07) is 20.2. The molecule has 0 aliphatic carbocycles. The molecule has 0 unspecified atom stereocenters. The van der Waals surface area contributed by atoms with Gasteiger partial charge in [0, 0.05) is 27.8 Å². The molecule has 0 saturated heterocycles. The van der Waals surface area contributed by atoms with Gasteiger partial charge < -0.3 is 0 Å². The molecule has 7 nitrogen and oxygen atoms in total. The smallest absolute Gasteiger partial charge is 0.267 e. The van der Waals surface area contributed by atoms with Crippen LogP contribution < -0.4 is 10.9 Å². The van der Waals surface area contributed by atoms with Crippen LogP contribution in [0.15, 0.2) is 77.7 Å². The van der Waals surface area contributed by atoms with Crippen LogP contribution in [0.4, 0.5) is 0 Å². The number of carbonyl (C=O) groups is 2. The molecular weight excluding hydrogens is 474 g/mol. The Kier molecular flexibility index (Phi) is 6.37. The topological polar surface area (TPSA) is 105 Å². The van der Waals surface area contributed by atoms with Gasteiger partial charge in [-0.05, 0) is 48.9 Å². The Balaban J connectivity index is 1.63. The zero-order chi connectivity index (χ0) is 24.5. The van der Waals surface area contributed by atoms with Crippen molar-refractivity contribution >= 4 is 44.2 Å². The van der Waals surface area contributed by atoms with E-state index in [9.17, 15) is 18.0 Å². The number of halogens is 1. The van der Waals surface area contributed by atoms with Crippen molar-refractivity contribution in [3.05, 3.63) is 94.5 Å². The summed E-state index contributed by atoms with van der Waals surface area (Å²) >= 11 is 5.98. The third kappa shape index (κ3) is 4.93. The number of aryl methyl sites for hydroxylation is 1. The van der Waals surface area contributed by atoms with Gasteiger partial charge >= 0.3 is 0 Å². The number of nitrogens with one attached hydrogen (secondary N) is 2. The Morgan fingerprint density at radius 1 is 0.853 bits per heavy atom. The van der Waals surface area contributed by atoms with Crippen LogP contribution in [0.5, 0.6) is 0 Å². The molecule has 1 heterocycles. The Hall–Kier alpha value is -3.75. The fourth-order valence-corrected chi connectivity index (χ4v) is 4.23. The molecule has 3 aromatic carbocycles. The van der Waals surface area contributed by atoms with Crippen molar-refractivity contribution in [2.75, 3.05) is 6.26 Å². The van der Waals surface area contributed by atoms with Gasteiger partial charge in [0.25, 0.3) is 11.8 Å². The third-order valence-corrected chi connectivity index (χ3v) is 6.63. The zero-order valence-electron chi connectivity index (χ0n) is 18.3. The van der Waals surface area contributed by atoms with Crippen LogP contribution in [0, 0.1) is 6.92 Å². The van der Waals surface area contributed by atoms with Crippen LogP contribution in [0.25, 0.3) is 22.2 Å². The number of hydrazine groups is 1. The van der Waals surface area contributed by atoms with E-state index in [1.54, 1.807) is 61.5 Å². The highest BCUT2D eigenvalue weighted by Crippen LogP contribution is 2.26. The number of aromatic nitrogens is 1. The third-order valence-electron chi connectivity index (χ3n) is 5.27. The molecular formula is C25H20ClN3O4S. The second-order valence-corrected chi connectivity index (χ2v) is 10.2. The number of benzene rings is 3. The summed E-state index contributed by atoms with van der Waals surface area (Å²) < 4.78 is 23.7. The van der Waals surface area contributed by atoms with E-state index in [2.05, 4.69) is 15.8 Å². The van der Waals surface area contributed by atoms with Crippen molar-refractivity contribution in [2.45, 2.75) is 11.8 Å². The van der Waals surface area contributed by atoms with E-state index in [0.29, 0.717) is 32.7 Å². The van der Waals surface area contributed by atoms with Crippen molar-refractivity contribution < 1.29 is 18.0 Å². The molecule has 0 bridgehead atoms. The normalized spacial score (nSPS) is 11.3. The number of hydrogen-bond acceptors (Lipinski definition) is 5. The number of pyridine rings is 1. The number of sulfone groups is 1. The highest BCUT2D eigenvalue weighted by Gasteiger charge is 2.17. The number of rotatable bonds is 4. The minimum absolute atomic E-state index is 0.0160. The summed E-state index contributed by atoms with van der Waals surface area (Å²) in [7, 11) is -3.49. The highest BCUT2D eigenvalue weighted by atomic mass is 35.5. The van der Waals surface area contributed by atoms with Gasteiger partial charge in [0.1, 0.15) is 0 Å². The van der Waals surface area contributed by atoms with E-state index in [4.69, 9.17) is 11.6 Å². The van der Waals surface area contributed by atoms with Crippen LogP contribution in [0.3, 0.4) is 0 Å². The lowest BCUT2D eigenvalue weighted by atomic mass is 10.0. The van der Waals surface area contributed by atoms with E-state index in [1.165, 1.54) is 12.1 Å². The maximum absolute atomic E-state index is 13.1. The van der Waals surface area contributed by atoms with E-state index >= 15 is 0 Å². The lowest BCUT2D eigenvalue weighted by Gasteiger charge is -2.13. The zero-order valence-corrected chi connectivity index (χ0v) is 19.9. The van der Waals surface area contributed by atoms with E-state index in [-0.39, 0.29) is 10.5 Å². The summed E-state index contributed by atoms with van der Waals surface area (Å²) in [5.74, 6) is -1.17. The van der Waals surface area contributed by atoms with E-state index < -0.39 is 21.7 Å². The fraction of sp³-hybridized carbons (Fsp3) is 0.0800. The van der Waals surface area contributed by atoms with Gasteiger partial charge in [0.05, 0.1) is 21.7 Å². The molecule has 1 aromatic heterocycles. The first kappa shape index (κ1) is 23.4. The standard InChI is InChI=1S/C25H20ClN3O4S/c1-15-7-12-18(34(2,32)33)13-20(15)24(30)28-29-25(31)21-14-23(16-8-10-17(26)11-9-16)27-22-6-4-3-5-19(21)22/h3-14H,1-2H3,(H,28,30)(H,29,31). The Morgan fingerprint density at radius 3 is 2.18 bits per heavy atom. The van der Waals surface area contributed by atoms with E-state index in [1.807, 2.05) is 6.07 Å². The summed E-state index contributed by atoms with van der Waals surface area (Å²) in [5, 5.41) is 1.20. The lowest BCUT2D eigenvalue weighted by Crippen LogP contribution is -2.42. The second kappa shape index (κ2) is 9.24. The molecule has 34 heavy (non-hydrogen) atoms. The maximum atomic E-state index is 13.1. The summed E-state index contributed by atoms with van der Waals surface area (Å²) in [6.07, 6.45) is 1.06. The monoisotopic (exact) mass is 493 g/mol. The number of hydrogen-bond donors (Lipinski definition) is 2. The van der Waals surface area contributed by atoms with Crippen molar-refractivity contribution in [3.8, 4) is 11.3 Å². The molecule has 9 heteroatoms. The average Bonchev–Trinajstić information content (AvgIpc) is 2.81. The summed E-state index contributed by atoms with van der Waals surface area (Å²) in [6.45, 7) is 1.68. The quantitative estimate of drug-likeness (QED) is 0.411. The van der Waals surface area contributed by atoms with Gasteiger partial charge in [-0.1, -0.05) is 48.0 Å². The minimum atomic E-state index is -3.49. The van der Waals surface area contributed by atoms with Crippen LogP contribution in [-0.2, 0) is 9.84 Å². The van der Waals surface area contributed by atoms with Crippen LogP contribution in [-0.4, -0.2) is 31.5 Å². The van der Waals surface area contributed by atoms with Gasteiger partial charge in [-0.15, -0.1) is 0 Å². The summed E-state index contributed by atoms with van der Waals surface area (Å²) in [5.41, 5.74) is 7.80. The largest absolute Gasteiger partial charge is 0.270 e.